The van der Waals surface area contributed by atoms with Gasteiger partial charge in [-0.3, -0.25) is 0 Å². The first-order chi connectivity index (χ1) is 7.09. The lowest BCUT2D eigenvalue weighted by Crippen LogP contribution is -2.23. The van der Waals surface area contributed by atoms with Gasteiger partial charge in [0.25, 0.3) is 0 Å². The number of aromatic nitrogens is 1. The van der Waals surface area contributed by atoms with Gasteiger partial charge in [0.15, 0.2) is 9.84 Å². The van der Waals surface area contributed by atoms with Gasteiger partial charge in [0.1, 0.15) is 0 Å². The van der Waals surface area contributed by atoms with E-state index in [0.717, 1.165) is 10.9 Å². The molecule has 0 amide bonds. The van der Waals surface area contributed by atoms with Crippen molar-refractivity contribution in [2.24, 2.45) is 0 Å². The number of benzene rings is 1. The third-order valence-corrected chi connectivity index (χ3v) is 4.89. The SMILES string of the molecule is CC1CS(=O)(=O)c2cccc3ccn1c23. The van der Waals surface area contributed by atoms with E-state index in [1.54, 1.807) is 12.1 Å². The fourth-order valence-electron chi connectivity index (χ4n) is 2.29. The normalized spacial score (nSPS) is 23.1. The van der Waals surface area contributed by atoms with E-state index in [4.69, 9.17) is 0 Å². The molecular formula is C11H11NO2S. The van der Waals surface area contributed by atoms with E-state index in [9.17, 15) is 8.42 Å². The Morgan fingerprint density at radius 3 is 2.93 bits per heavy atom. The molecule has 2 heterocycles. The Hall–Kier alpha value is -1.29. The van der Waals surface area contributed by atoms with Gasteiger partial charge in [0, 0.05) is 17.6 Å². The molecule has 3 rings (SSSR count). The van der Waals surface area contributed by atoms with Crippen molar-refractivity contribution in [3.05, 3.63) is 30.5 Å². The molecule has 0 bridgehead atoms. The minimum Gasteiger partial charge on any atom is -0.343 e. The summed E-state index contributed by atoms with van der Waals surface area (Å²) in [5, 5.41) is 1.00. The number of hydrogen-bond donors (Lipinski definition) is 0. The van der Waals surface area contributed by atoms with Crippen molar-refractivity contribution in [1.82, 2.24) is 4.57 Å². The van der Waals surface area contributed by atoms with Gasteiger partial charge in [0.05, 0.1) is 16.2 Å². The Labute approximate surface area is 88.2 Å². The molecule has 1 aromatic carbocycles. The molecule has 0 spiro atoms. The molecule has 0 saturated heterocycles. The third-order valence-electron chi connectivity index (χ3n) is 2.97. The molecular weight excluding hydrogens is 210 g/mol. The van der Waals surface area contributed by atoms with Crippen LogP contribution in [0.25, 0.3) is 10.9 Å². The van der Waals surface area contributed by atoms with Crippen molar-refractivity contribution in [2.45, 2.75) is 17.9 Å². The zero-order valence-electron chi connectivity index (χ0n) is 8.34. The van der Waals surface area contributed by atoms with Crippen molar-refractivity contribution >= 4 is 20.7 Å². The summed E-state index contributed by atoms with van der Waals surface area (Å²) in [6.45, 7) is 1.94. The molecule has 1 unspecified atom stereocenters. The van der Waals surface area contributed by atoms with Crippen LogP contribution in [0.2, 0.25) is 0 Å². The van der Waals surface area contributed by atoms with Gasteiger partial charge in [-0.2, -0.15) is 0 Å². The summed E-state index contributed by atoms with van der Waals surface area (Å²) < 4.78 is 26.0. The van der Waals surface area contributed by atoms with E-state index in [-0.39, 0.29) is 11.8 Å². The Morgan fingerprint density at radius 1 is 1.33 bits per heavy atom. The summed E-state index contributed by atoms with van der Waals surface area (Å²) in [6.07, 6.45) is 1.97. The highest BCUT2D eigenvalue weighted by molar-refractivity contribution is 7.91. The first-order valence-electron chi connectivity index (χ1n) is 4.92. The Bertz CT molecular complexity index is 640. The van der Waals surface area contributed by atoms with Crippen molar-refractivity contribution in [2.75, 3.05) is 5.75 Å². The maximum Gasteiger partial charge on any atom is 0.182 e. The monoisotopic (exact) mass is 221 g/mol. The lowest BCUT2D eigenvalue weighted by atomic mass is 10.2. The summed E-state index contributed by atoms with van der Waals surface area (Å²) in [4.78, 5) is 0.475. The molecule has 0 saturated carbocycles. The number of nitrogens with zero attached hydrogens (tertiary/aromatic N) is 1. The molecule has 0 N–H and O–H groups in total. The van der Waals surface area contributed by atoms with Crippen LogP contribution >= 0.6 is 0 Å². The molecule has 15 heavy (non-hydrogen) atoms. The van der Waals surface area contributed by atoms with Gasteiger partial charge in [-0.25, -0.2) is 8.42 Å². The standard InChI is InChI=1S/C11H11NO2S/c1-8-7-15(13,14)10-4-2-3-9-5-6-12(8)11(9)10/h2-6,8H,7H2,1H3. The quantitative estimate of drug-likeness (QED) is 0.682. The molecule has 0 fully saturated rings. The lowest BCUT2D eigenvalue weighted by molar-refractivity contribution is 0.553. The molecule has 3 nitrogen and oxygen atoms in total. The Morgan fingerprint density at radius 2 is 2.13 bits per heavy atom. The van der Waals surface area contributed by atoms with E-state index in [0.29, 0.717) is 4.90 Å². The Kier molecular flexibility index (Phi) is 1.58. The second kappa shape index (κ2) is 2.64. The van der Waals surface area contributed by atoms with Gasteiger partial charge in [-0.15, -0.1) is 0 Å². The molecule has 0 radical (unpaired) electrons. The van der Waals surface area contributed by atoms with Crippen LogP contribution in [0.1, 0.15) is 13.0 Å². The van der Waals surface area contributed by atoms with Crippen LogP contribution in [0.3, 0.4) is 0 Å². The summed E-state index contributed by atoms with van der Waals surface area (Å²) >= 11 is 0. The van der Waals surface area contributed by atoms with Gasteiger partial charge in [-0.1, -0.05) is 12.1 Å². The molecule has 0 aliphatic carbocycles. The topological polar surface area (TPSA) is 39.1 Å². The maximum atomic E-state index is 12.0. The van der Waals surface area contributed by atoms with E-state index in [1.807, 2.05) is 29.8 Å². The van der Waals surface area contributed by atoms with Crippen molar-refractivity contribution in [3.63, 3.8) is 0 Å². The van der Waals surface area contributed by atoms with Crippen LogP contribution in [0, 0.1) is 0 Å². The fourth-order valence-corrected chi connectivity index (χ4v) is 4.07. The van der Waals surface area contributed by atoms with E-state index < -0.39 is 9.84 Å². The van der Waals surface area contributed by atoms with Crippen molar-refractivity contribution in [1.29, 1.82) is 0 Å². The number of hydrogen-bond acceptors (Lipinski definition) is 2. The zero-order valence-corrected chi connectivity index (χ0v) is 9.16. The molecule has 1 aliphatic heterocycles. The first-order valence-corrected chi connectivity index (χ1v) is 6.57. The fraction of sp³-hybridized carbons (Fsp3) is 0.273. The smallest absolute Gasteiger partial charge is 0.182 e. The van der Waals surface area contributed by atoms with Gasteiger partial charge in [0.2, 0.25) is 0 Å². The summed E-state index contributed by atoms with van der Waals surface area (Å²) in [5.41, 5.74) is 0.858. The maximum absolute atomic E-state index is 12.0. The summed E-state index contributed by atoms with van der Waals surface area (Å²) in [6, 6.07) is 7.44. The number of sulfone groups is 1. The number of para-hydroxylation sites is 1. The minimum atomic E-state index is -3.09. The highest BCUT2D eigenvalue weighted by Gasteiger charge is 2.28. The summed E-state index contributed by atoms with van der Waals surface area (Å²) in [5.74, 6) is 0.202. The van der Waals surface area contributed by atoms with Crippen LogP contribution in [-0.2, 0) is 9.84 Å². The highest BCUT2D eigenvalue weighted by atomic mass is 32.2. The Balaban J connectivity index is 2.56. The minimum absolute atomic E-state index is 0.0300. The predicted molar refractivity (Wildman–Crippen MR) is 58.7 cm³/mol. The first kappa shape index (κ1) is 8.97. The lowest BCUT2D eigenvalue weighted by Gasteiger charge is -2.22. The zero-order chi connectivity index (χ0) is 10.6. The highest BCUT2D eigenvalue weighted by Crippen LogP contribution is 2.33. The third kappa shape index (κ3) is 1.08. The summed E-state index contributed by atoms with van der Waals surface area (Å²) in [7, 11) is -3.09. The van der Waals surface area contributed by atoms with Gasteiger partial charge in [-0.05, 0) is 19.1 Å². The van der Waals surface area contributed by atoms with Crippen LogP contribution in [0.5, 0.6) is 0 Å². The molecule has 4 heteroatoms. The van der Waals surface area contributed by atoms with E-state index >= 15 is 0 Å². The molecule has 1 atom stereocenters. The predicted octanol–water partition coefficient (Wildman–Crippen LogP) is 1.99. The molecule has 2 aromatic rings. The van der Waals surface area contributed by atoms with Gasteiger partial charge >= 0.3 is 0 Å². The average molecular weight is 221 g/mol. The average Bonchev–Trinajstić information content (AvgIpc) is 2.58. The largest absolute Gasteiger partial charge is 0.343 e. The van der Waals surface area contributed by atoms with Crippen molar-refractivity contribution in [3.8, 4) is 0 Å². The van der Waals surface area contributed by atoms with Crippen LogP contribution in [0.15, 0.2) is 35.4 Å². The van der Waals surface area contributed by atoms with E-state index in [2.05, 4.69) is 0 Å². The second-order valence-corrected chi connectivity index (χ2v) is 6.05. The van der Waals surface area contributed by atoms with Gasteiger partial charge < -0.3 is 4.57 Å². The van der Waals surface area contributed by atoms with Crippen molar-refractivity contribution < 1.29 is 8.42 Å². The second-order valence-electron chi connectivity index (χ2n) is 4.05. The van der Waals surface area contributed by atoms with Crippen LogP contribution in [-0.4, -0.2) is 18.7 Å². The number of rotatable bonds is 0. The van der Waals surface area contributed by atoms with Crippen LogP contribution < -0.4 is 0 Å². The molecule has 78 valence electrons. The van der Waals surface area contributed by atoms with E-state index in [1.165, 1.54) is 0 Å². The van der Waals surface area contributed by atoms with Crippen LogP contribution in [0.4, 0.5) is 0 Å². The molecule has 1 aromatic heterocycles. The molecule has 1 aliphatic rings.